The van der Waals surface area contributed by atoms with Gasteiger partial charge < -0.3 is 10.1 Å². The van der Waals surface area contributed by atoms with Gasteiger partial charge in [-0.05, 0) is 48.7 Å². The van der Waals surface area contributed by atoms with Crippen LogP contribution in [0.4, 0.5) is 5.69 Å². The Labute approximate surface area is 186 Å². The van der Waals surface area contributed by atoms with E-state index < -0.39 is 10.0 Å². The zero-order valence-electron chi connectivity index (χ0n) is 17.2. The van der Waals surface area contributed by atoms with Gasteiger partial charge in [-0.15, -0.1) is 11.3 Å². The lowest BCUT2D eigenvalue weighted by molar-refractivity contribution is -0.116. The highest BCUT2D eigenvalue weighted by atomic mass is 32.2. The molecule has 1 aliphatic heterocycles. The lowest BCUT2D eigenvalue weighted by Gasteiger charge is -2.26. The van der Waals surface area contributed by atoms with Gasteiger partial charge in [-0.2, -0.15) is 0 Å². The van der Waals surface area contributed by atoms with Crippen LogP contribution in [0.3, 0.4) is 0 Å². The number of ketones is 1. The Kier molecular flexibility index (Phi) is 8.73. The summed E-state index contributed by atoms with van der Waals surface area (Å²) in [5.41, 5.74) is 0.486. The summed E-state index contributed by atoms with van der Waals surface area (Å²) in [5.74, 6) is -0.354. The molecule has 1 aromatic heterocycles. The van der Waals surface area contributed by atoms with Crippen LogP contribution in [0.15, 0.2) is 46.7 Å². The number of carbonyl (C=O) groups excluding carboxylic acids is 2. The number of nitrogens with zero attached hydrogens (tertiary/aromatic N) is 1. The molecule has 0 spiro atoms. The fourth-order valence-corrected chi connectivity index (χ4v) is 4.91. The number of morpholine rings is 1. The van der Waals surface area contributed by atoms with Crippen LogP contribution in [0, 0.1) is 0 Å². The number of benzene rings is 1. The lowest BCUT2D eigenvalue weighted by atomic mass is 10.2. The minimum absolute atomic E-state index is 0.0636. The van der Waals surface area contributed by atoms with E-state index in [1.807, 2.05) is 5.38 Å². The second-order valence-corrected chi connectivity index (χ2v) is 9.89. The Balaban J connectivity index is 1.41. The molecule has 31 heavy (non-hydrogen) atoms. The summed E-state index contributed by atoms with van der Waals surface area (Å²) in [5, 5.41) is 4.51. The number of nitrogens with one attached hydrogen (secondary N) is 2. The number of carbonyl (C=O) groups is 2. The van der Waals surface area contributed by atoms with Crippen LogP contribution in [0.25, 0.3) is 0 Å². The van der Waals surface area contributed by atoms with Crippen molar-refractivity contribution in [3.8, 4) is 0 Å². The van der Waals surface area contributed by atoms with E-state index in [0.29, 0.717) is 17.1 Å². The molecule has 0 radical (unpaired) electrons. The molecule has 168 valence electrons. The number of thiophene rings is 1. The van der Waals surface area contributed by atoms with Crippen molar-refractivity contribution in [1.29, 1.82) is 0 Å². The van der Waals surface area contributed by atoms with Crippen molar-refractivity contribution in [3.63, 3.8) is 0 Å². The zero-order valence-corrected chi connectivity index (χ0v) is 18.8. The Morgan fingerprint density at radius 3 is 2.48 bits per heavy atom. The third-order valence-electron chi connectivity index (χ3n) is 4.87. The largest absolute Gasteiger partial charge is 0.379 e. The summed E-state index contributed by atoms with van der Waals surface area (Å²) in [4.78, 5) is 27.1. The number of hydrogen-bond acceptors (Lipinski definition) is 7. The molecule has 0 aliphatic carbocycles. The molecule has 0 unspecified atom stereocenters. The molecule has 1 amide bonds. The smallest absolute Gasteiger partial charge is 0.240 e. The first-order chi connectivity index (χ1) is 14.9. The first kappa shape index (κ1) is 23.6. The van der Waals surface area contributed by atoms with Gasteiger partial charge in [0.05, 0.1) is 23.0 Å². The van der Waals surface area contributed by atoms with Gasteiger partial charge in [0.2, 0.25) is 15.9 Å². The zero-order chi connectivity index (χ0) is 22.1. The van der Waals surface area contributed by atoms with Gasteiger partial charge in [0.15, 0.2) is 5.78 Å². The van der Waals surface area contributed by atoms with Crippen LogP contribution < -0.4 is 10.0 Å². The lowest BCUT2D eigenvalue weighted by Crippen LogP contribution is -2.38. The molecule has 1 aliphatic rings. The van der Waals surface area contributed by atoms with Gasteiger partial charge in [0.1, 0.15) is 0 Å². The molecule has 0 bridgehead atoms. The summed E-state index contributed by atoms with van der Waals surface area (Å²) in [6, 6.07) is 9.53. The number of Topliss-reactive ketones (excluding diaryl/α,β-unsaturated/α-hetero) is 1. The van der Waals surface area contributed by atoms with E-state index in [2.05, 4.69) is 14.9 Å². The van der Waals surface area contributed by atoms with E-state index in [0.717, 1.165) is 39.3 Å². The molecule has 0 saturated carbocycles. The van der Waals surface area contributed by atoms with Gasteiger partial charge in [-0.1, -0.05) is 6.07 Å². The van der Waals surface area contributed by atoms with Gasteiger partial charge >= 0.3 is 0 Å². The maximum Gasteiger partial charge on any atom is 0.240 e. The minimum Gasteiger partial charge on any atom is -0.379 e. The Bertz CT molecular complexity index is 953. The van der Waals surface area contributed by atoms with E-state index in [1.165, 1.54) is 23.5 Å². The van der Waals surface area contributed by atoms with E-state index >= 15 is 0 Å². The molecule has 2 N–H and O–H groups in total. The quantitative estimate of drug-likeness (QED) is 0.390. The molecule has 1 aromatic carbocycles. The van der Waals surface area contributed by atoms with Gasteiger partial charge in [-0.25, -0.2) is 13.1 Å². The highest BCUT2D eigenvalue weighted by Gasteiger charge is 2.15. The molecule has 8 nitrogen and oxygen atoms in total. The Morgan fingerprint density at radius 1 is 1.06 bits per heavy atom. The molecular weight excluding hydrogens is 438 g/mol. The van der Waals surface area contributed by atoms with E-state index in [9.17, 15) is 18.0 Å². The summed E-state index contributed by atoms with van der Waals surface area (Å²) < 4.78 is 32.8. The van der Waals surface area contributed by atoms with Crippen molar-refractivity contribution >= 4 is 38.7 Å². The fraction of sp³-hybridized carbons (Fsp3) is 0.429. The predicted molar refractivity (Wildman–Crippen MR) is 120 cm³/mol. The molecule has 0 atom stereocenters. The van der Waals surface area contributed by atoms with Crippen LogP contribution in [0.1, 0.15) is 28.9 Å². The normalized spacial score (nSPS) is 15.0. The molecule has 2 heterocycles. The molecule has 1 fully saturated rings. The summed E-state index contributed by atoms with van der Waals surface area (Å²) in [6.45, 7) is 4.38. The standard InChI is InChI=1S/C21H27N3O5S2/c25-19(20-3-1-16-30-20)8-9-21(26)23-17-4-6-18(7-5-17)31(27,28)22-10-2-11-24-12-14-29-15-13-24/h1,3-7,16,22H,2,8-15H2,(H,23,26). The van der Waals surface area contributed by atoms with Crippen molar-refractivity contribution < 1.29 is 22.7 Å². The fourth-order valence-electron chi connectivity index (χ4n) is 3.15. The monoisotopic (exact) mass is 465 g/mol. The average Bonchev–Trinajstić information content (AvgIpc) is 3.31. The van der Waals surface area contributed by atoms with Crippen LogP contribution in [-0.2, 0) is 19.6 Å². The van der Waals surface area contributed by atoms with Crippen molar-refractivity contribution in [2.24, 2.45) is 0 Å². The van der Waals surface area contributed by atoms with Crippen molar-refractivity contribution in [3.05, 3.63) is 46.7 Å². The van der Waals surface area contributed by atoms with Gasteiger partial charge in [0.25, 0.3) is 0 Å². The summed E-state index contributed by atoms with van der Waals surface area (Å²) in [6.07, 6.45) is 0.923. The molecule has 10 heteroatoms. The van der Waals surface area contributed by atoms with Crippen LogP contribution in [0.2, 0.25) is 0 Å². The molecule has 3 rings (SSSR count). The third-order valence-corrected chi connectivity index (χ3v) is 7.26. The van der Waals surface area contributed by atoms with Crippen molar-refractivity contribution in [2.45, 2.75) is 24.2 Å². The van der Waals surface area contributed by atoms with Crippen LogP contribution in [0.5, 0.6) is 0 Å². The highest BCUT2D eigenvalue weighted by molar-refractivity contribution is 7.89. The number of rotatable bonds is 11. The minimum atomic E-state index is -3.60. The summed E-state index contributed by atoms with van der Waals surface area (Å²) >= 11 is 1.35. The third kappa shape index (κ3) is 7.51. The topological polar surface area (TPSA) is 105 Å². The van der Waals surface area contributed by atoms with Crippen LogP contribution >= 0.6 is 11.3 Å². The van der Waals surface area contributed by atoms with E-state index in [1.54, 1.807) is 24.3 Å². The maximum atomic E-state index is 12.4. The number of hydrogen-bond donors (Lipinski definition) is 2. The highest BCUT2D eigenvalue weighted by Crippen LogP contribution is 2.16. The molecule has 1 saturated heterocycles. The van der Waals surface area contributed by atoms with Gasteiger partial charge in [-0.3, -0.25) is 14.5 Å². The predicted octanol–water partition coefficient (Wildman–Crippen LogP) is 2.35. The number of amides is 1. The first-order valence-corrected chi connectivity index (χ1v) is 12.6. The number of ether oxygens (including phenoxy) is 1. The first-order valence-electron chi connectivity index (χ1n) is 10.2. The second-order valence-electron chi connectivity index (χ2n) is 7.18. The average molecular weight is 466 g/mol. The molecular formula is C21H27N3O5S2. The number of anilines is 1. The van der Waals surface area contributed by atoms with Crippen molar-refractivity contribution in [2.75, 3.05) is 44.7 Å². The SMILES string of the molecule is O=C(CCC(=O)c1cccs1)Nc1ccc(S(=O)(=O)NCCCN2CCOCC2)cc1. The summed E-state index contributed by atoms with van der Waals surface area (Å²) in [7, 11) is -3.60. The van der Waals surface area contributed by atoms with Crippen LogP contribution in [-0.4, -0.2) is 64.4 Å². The number of sulfonamides is 1. The maximum absolute atomic E-state index is 12.4. The van der Waals surface area contributed by atoms with Gasteiger partial charge in [0, 0.05) is 38.2 Å². The second kappa shape index (κ2) is 11.5. The Hall–Kier alpha value is -2.11. The van der Waals surface area contributed by atoms with Crippen molar-refractivity contribution in [1.82, 2.24) is 9.62 Å². The Morgan fingerprint density at radius 2 is 1.81 bits per heavy atom. The van der Waals surface area contributed by atoms with E-state index in [4.69, 9.17) is 4.74 Å². The van der Waals surface area contributed by atoms with E-state index in [-0.39, 0.29) is 29.4 Å². The molecule has 2 aromatic rings.